The van der Waals surface area contributed by atoms with Crippen LogP contribution in [0.5, 0.6) is 0 Å². The number of halogens is 4. The molecule has 2 aliphatic carbocycles. The smallest absolute Gasteiger partial charge is 0.221 e. The summed E-state index contributed by atoms with van der Waals surface area (Å²) in [7, 11) is 0. The molecule has 4 amide bonds. The molecule has 0 saturated heterocycles. The van der Waals surface area contributed by atoms with Gasteiger partial charge in [0.25, 0.3) is 0 Å². The first kappa shape index (κ1) is 35.2. The van der Waals surface area contributed by atoms with Gasteiger partial charge in [0.2, 0.25) is 23.6 Å². The maximum atomic E-state index is 12.1. The molecule has 4 aromatic carbocycles. The molecule has 0 radical (unpaired) electrons. The van der Waals surface area contributed by atoms with Crippen molar-refractivity contribution < 1.29 is 19.2 Å². The molecule has 0 aromatic heterocycles. The molecule has 12 heteroatoms. The number of nitrogens with two attached hydrogens (primary N) is 4. The second-order valence-electron chi connectivity index (χ2n) is 12.0. The van der Waals surface area contributed by atoms with Crippen molar-refractivity contribution in [1.82, 2.24) is 0 Å². The van der Waals surface area contributed by atoms with E-state index in [2.05, 4.69) is 0 Å². The summed E-state index contributed by atoms with van der Waals surface area (Å²) in [5.74, 6) is -5.24. The van der Waals surface area contributed by atoms with E-state index in [1.165, 1.54) is 0 Å². The summed E-state index contributed by atoms with van der Waals surface area (Å²) in [5.41, 5.74) is 25.9. The molecule has 4 aromatic rings. The van der Waals surface area contributed by atoms with Crippen LogP contribution in [-0.4, -0.2) is 23.6 Å². The van der Waals surface area contributed by atoms with E-state index in [1.54, 1.807) is 97.1 Å². The second-order valence-corrected chi connectivity index (χ2v) is 13.8. The third-order valence-electron chi connectivity index (χ3n) is 9.43. The van der Waals surface area contributed by atoms with Crippen LogP contribution in [0.25, 0.3) is 0 Å². The van der Waals surface area contributed by atoms with E-state index in [0.29, 0.717) is 20.1 Å². The fourth-order valence-corrected chi connectivity index (χ4v) is 7.81. The minimum absolute atomic E-state index is 0.349. The summed E-state index contributed by atoms with van der Waals surface area (Å²) in [6, 6.07) is 28.2. The molecule has 0 heterocycles. The van der Waals surface area contributed by atoms with Crippen LogP contribution < -0.4 is 22.9 Å². The lowest BCUT2D eigenvalue weighted by molar-refractivity contribution is -0.138. The monoisotopic (exact) mass is 724 g/mol. The van der Waals surface area contributed by atoms with Crippen molar-refractivity contribution in [3.8, 4) is 0 Å². The fourth-order valence-electron chi connectivity index (χ4n) is 7.31. The molecule has 8 N–H and O–H groups in total. The molecule has 0 aliphatic heterocycles. The summed E-state index contributed by atoms with van der Waals surface area (Å²) < 4.78 is 0. The zero-order valence-corrected chi connectivity index (χ0v) is 28.3. The van der Waals surface area contributed by atoms with Crippen molar-refractivity contribution in [2.24, 2.45) is 46.6 Å². The Morgan fingerprint density at radius 1 is 0.333 bits per heavy atom. The number of hydrogen-bond acceptors (Lipinski definition) is 4. The molecule has 6 rings (SSSR count). The molecule has 48 heavy (non-hydrogen) atoms. The van der Waals surface area contributed by atoms with Gasteiger partial charge in [-0.3, -0.25) is 19.2 Å². The van der Waals surface area contributed by atoms with Gasteiger partial charge >= 0.3 is 0 Å². The maximum absolute atomic E-state index is 12.1. The normalized spacial score (nSPS) is 25.8. The molecule has 2 aliphatic rings. The molecular weight excluding hydrogens is 694 g/mol. The summed E-state index contributed by atoms with van der Waals surface area (Å²) in [4.78, 5) is 48.3. The Morgan fingerprint density at radius 2 is 0.479 bits per heavy atom. The first-order valence-corrected chi connectivity index (χ1v) is 16.5. The fraction of sp³-hybridized carbons (Fsp3) is 0.222. The van der Waals surface area contributed by atoms with Gasteiger partial charge in [-0.05, 0) is 70.8 Å². The number of carbonyl (C=O) groups is 4. The topological polar surface area (TPSA) is 172 Å². The van der Waals surface area contributed by atoms with E-state index in [1.807, 2.05) is 0 Å². The Hall–Kier alpha value is -4.08. The third-order valence-corrected chi connectivity index (χ3v) is 10.4. The summed E-state index contributed by atoms with van der Waals surface area (Å²) in [5, 5.41) is 2.33. The number of amides is 4. The van der Waals surface area contributed by atoms with Gasteiger partial charge in [-0.1, -0.05) is 94.9 Å². The van der Waals surface area contributed by atoms with Crippen LogP contribution in [-0.2, 0) is 19.2 Å². The number of primary amides is 4. The van der Waals surface area contributed by atoms with Crippen molar-refractivity contribution in [2.75, 3.05) is 0 Å². The van der Waals surface area contributed by atoms with Crippen LogP contribution in [0.1, 0.15) is 45.9 Å². The highest BCUT2D eigenvalue weighted by Gasteiger charge is 2.58. The van der Waals surface area contributed by atoms with Crippen molar-refractivity contribution in [1.29, 1.82) is 0 Å². The van der Waals surface area contributed by atoms with Crippen LogP contribution in [0.4, 0.5) is 0 Å². The largest absolute Gasteiger partial charge is 0.369 e. The lowest BCUT2D eigenvalue weighted by atomic mass is 9.52. The van der Waals surface area contributed by atoms with Gasteiger partial charge in [-0.2, -0.15) is 0 Å². The van der Waals surface area contributed by atoms with Gasteiger partial charge in [-0.25, -0.2) is 0 Å². The standard InChI is InChI=1S/2C18H16Cl2N2O2/c2*19-11-5-1-9(2-6-11)13-15(17(21)23)14(16(13)18(22)24)10-3-7-12(20)8-4-10/h2*1-8,13-16H,(H2,21,23)(H2,22,24). The predicted octanol–water partition coefficient (Wildman–Crippen LogP) is 6.15. The van der Waals surface area contributed by atoms with Crippen LogP contribution in [0.15, 0.2) is 97.1 Å². The highest BCUT2D eigenvalue weighted by atomic mass is 35.5. The molecule has 0 spiro atoms. The zero-order valence-electron chi connectivity index (χ0n) is 25.3. The minimum Gasteiger partial charge on any atom is -0.369 e. The van der Waals surface area contributed by atoms with Crippen molar-refractivity contribution >= 4 is 70.0 Å². The first-order chi connectivity index (χ1) is 22.8. The van der Waals surface area contributed by atoms with Gasteiger partial charge in [0.15, 0.2) is 0 Å². The van der Waals surface area contributed by atoms with Gasteiger partial charge in [0, 0.05) is 43.8 Å². The second kappa shape index (κ2) is 14.6. The molecule has 8 nitrogen and oxygen atoms in total. The van der Waals surface area contributed by atoms with E-state index in [0.717, 1.165) is 22.3 Å². The third kappa shape index (κ3) is 7.03. The van der Waals surface area contributed by atoms with E-state index < -0.39 is 47.3 Å². The van der Waals surface area contributed by atoms with E-state index in [9.17, 15) is 19.2 Å². The van der Waals surface area contributed by atoms with Crippen molar-refractivity contribution in [3.05, 3.63) is 139 Å². The zero-order chi connectivity index (χ0) is 34.9. The predicted molar refractivity (Wildman–Crippen MR) is 188 cm³/mol. The SMILES string of the molecule is NC(=O)C1C(c2ccc(Cl)cc2)C(C(N)=O)C1c1ccc(Cl)cc1.NC(=O)C1C(c2ccc(Cl)cc2)C(C(N)=O)C1c1ccc(Cl)cc1. The van der Waals surface area contributed by atoms with Crippen molar-refractivity contribution in [3.63, 3.8) is 0 Å². The number of rotatable bonds is 8. The molecule has 2 fully saturated rings. The van der Waals surface area contributed by atoms with Gasteiger partial charge in [-0.15, -0.1) is 0 Å². The maximum Gasteiger partial charge on any atom is 0.221 e. The van der Waals surface area contributed by atoms with E-state index >= 15 is 0 Å². The Morgan fingerprint density at radius 3 is 0.604 bits per heavy atom. The summed E-state index contributed by atoms with van der Waals surface area (Å²) in [6.45, 7) is 0. The van der Waals surface area contributed by atoms with Crippen LogP contribution in [0.2, 0.25) is 20.1 Å². The average Bonchev–Trinajstić information content (AvgIpc) is 2.99. The highest BCUT2D eigenvalue weighted by molar-refractivity contribution is 6.31. The Bertz CT molecular complexity index is 1530. The molecule has 248 valence electrons. The average molecular weight is 726 g/mol. The Labute approximate surface area is 297 Å². The minimum atomic E-state index is -0.509. The molecular formula is C36H32Cl4N4O4. The van der Waals surface area contributed by atoms with Crippen LogP contribution in [0.3, 0.4) is 0 Å². The van der Waals surface area contributed by atoms with Crippen LogP contribution >= 0.6 is 46.4 Å². The highest BCUT2D eigenvalue weighted by Crippen LogP contribution is 2.58. The molecule has 0 unspecified atom stereocenters. The first-order valence-electron chi connectivity index (χ1n) is 15.0. The van der Waals surface area contributed by atoms with Gasteiger partial charge in [0.1, 0.15) is 0 Å². The van der Waals surface area contributed by atoms with Crippen LogP contribution in [0, 0.1) is 23.7 Å². The van der Waals surface area contributed by atoms with Gasteiger partial charge < -0.3 is 22.9 Å². The Balaban J connectivity index is 0.000000188. The summed E-state index contributed by atoms with van der Waals surface area (Å²) >= 11 is 23.7. The molecule has 0 atom stereocenters. The van der Waals surface area contributed by atoms with E-state index in [4.69, 9.17) is 69.3 Å². The molecule has 0 bridgehead atoms. The summed E-state index contributed by atoms with van der Waals surface area (Å²) in [6.07, 6.45) is 0. The lowest BCUT2D eigenvalue weighted by Gasteiger charge is -2.49. The lowest BCUT2D eigenvalue weighted by Crippen LogP contribution is -2.54. The quantitative estimate of drug-likeness (QED) is 0.171. The van der Waals surface area contributed by atoms with Gasteiger partial charge in [0.05, 0.1) is 23.7 Å². The van der Waals surface area contributed by atoms with E-state index in [-0.39, 0.29) is 23.7 Å². The number of benzene rings is 4. The number of carbonyl (C=O) groups excluding carboxylic acids is 4. The Kier molecular flexibility index (Phi) is 10.7. The molecule has 2 saturated carbocycles. The number of hydrogen-bond donors (Lipinski definition) is 4. The van der Waals surface area contributed by atoms with Crippen molar-refractivity contribution in [2.45, 2.75) is 23.7 Å².